The van der Waals surface area contributed by atoms with Gasteiger partial charge in [-0.2, -0.15) is 0 Å². The Bertz CT molecular complexity index is 1240. The average Bonchev–Trinajstić information content (AvgIpc) is 3.02. The molecular formula is C39H40. The summed E-state index contributed by atoms with van der Waals surface area (Å²) in [6, 6.07) is 55.7. The monoisotopic (exact) mass is 508 g/mol. The second kappa shape index (κ2) is 14.3. The standard InChI is InChI=1S/C39H40/c1-6-16-32(17-7-1)26-28-37(34-20-10-3-11-21-34)30-39(36-24-14-5-15-25-36)31-38(35-22-12-4-13-23-35)29-27-33-18-8-2-9-19-33/h1-25,37-39H,26-31H2. The van der Waals surface area contributed by atoms with E-state index in [2.05, 4.69) is 152 Å². The topological polar surface area (TPSA) is 0 Å². The summed E-state index contributed by atoms with van der Waals surface area (Å²) in [4.78, 5) is 0. The van der Waals surface area contributed by atoms with E-state index in [4.69, 9.17) is 0 Å². The van der Waals surface area contributed by atoms with Gasteiger partial charge in [-0.05, 0) is 84.1 Å². The van der Waals surface area contributed by atoms with Crippen LogP contribution in [0.15, 0.2) is 152 Å². The predicted octanol–water partition coefficient (Wildman–Crippen LogP) is 10.4. The molecule has 0 heterocycles. The Morgan fingerprint density at radius 2 is 0.590 bits per heavy atom. The Kier molecular flexibility index (Phi) is 9.79. The fourth-order valence-corrected chi connectivity index (χ4v) is 6.04. The zero-order valence-corrected chi connectivity index (χ0v) is 22.9. The van der Waals surface area contributed by atoms with Crippen LogP contribution in [0.25, 0.3) is 0 Å². The van der Waals surface area contributed by atoms with Gasteiger partial charge in [0.05, 0.1) is 0 Å². The van der Waals surface area contributed by atoms with Crippen LogP contribution in [-0.2, 0) is 12.8 Å². The van der Waals surface area contributed by atoms with Crippen molar-refractivity contribution in [1.29, 1.82) is 0 Å². The van der Waals surface area contributed by atoms with Crippen LogP contribution in [0, 0.1) is 0 Å². The molecule has 0 amide bonds. The highest BCUT2D eigenvalue weighted by Gasteiger charge is 2.24. The molecule has 2 atom stereocenters. The molecule has 0 spiro atoms. The van der Waals surface area contributed by atoms with Gasteiger partial charge in [-0.3, -0.25) is 0 Å². The van der Waals surface area contributed by atoms with Crippen LogP contribution in [0.1, 0.15) is 71.3 Å². The largest absolute Gasteiger partial charge is 0.0622 e. The lowest BCUT2D eigenvalue weighted by Gasteiger charge is -2.29. The van der Waals surface area contributed by atoms with E-state index in [9.17, 15) is 0 Å². The Labute approximate surface area is 235 Å². The number of benzene rings is 5. The highest BCUT2D eigenvalue weighted by atomic mass is 14.3. The highest BCUT2D eigenvalue weighted by Crippen LogP contribution is 2.40. The molecule has 0 bridgehead atoms. The van der Waals surface area contributed by atoms with Crippen molar-refractivity contribution in [2.45, 2.75) is 56.3 Å². The van der Waals surface area contributed by atoms with Gasteiger partial charge in [0.1, 0.15) is 0 Å². The SMILES string of the molecule is c1ccc(CCC(CC(CC(CCc2ccccc2)c2ccccc2)c2ccccc2)c2ccccc2)cc1. The van der Waals surface area contributed by atoms with Gasteiger partial charge in [-0.15, -0.1) is 0 Å². The van der Waals surface area contributed by atoms with Gasteiger partial charge >= 0.3 is 0 Å². The molecule has 0 saturated carbocycles. The molecule has 5 rings (SSSR count). The molecule has 39 heavy (non-hydrogen) atoms. The maximum atomic E-state index is 2.35. The summed E-state index contributed by atoms with van der Waals surface area (Å²) < 4.78 is 0. The van der Waals surface area contributed by atoms with Gasteiger partial charge in [-0.1, -0.05) is 152 Å². The summed E-state index contributed by atoms with van der Waals surface area (Å²) >= 11 is 0. The van der Waals surface area contributed by atoms with E-state index in [-0.39, 0.29) is 0 Å². The first-order chi connectivity index (χ1) is 19.3. The van der Waals surface area contributed by atoms with Gasteiger partial charge in [-0.25, -0.2) is 0 Å². The van der Waals surface area contributed by atoms with Crippen molar-refractivity contribution in [3.63, 3.8) is 0 Å². The van der Waals surface area contributed by atoms with Crippen molar-refractivity contribution in [2.24, 2.45) is 0 Å². The van der Waals surface area contributed by atoms with Gasteiger partial charge in [0, 0.05) is 0 Å². The first-order valence-corrected chi connectivity index (χ1v) is 14.6. The minimum Gasteiger partial charge on any atom is -0.0622 e. The second-order valence-electron chi connectivity index (χ2n) is 10.8. The number of hydrogen-bond acceptors (Lipinski definition) is 0. The molecule has 0 aliphatic carbocycles. The van der Waals surface area contributed by atoms with E-state index >= 15 is 0 Å². The molecule has 0 nitrogen and oxygen atoms in total. The van der Waals surface area contributed by atoms with E-state index in [1.807, 2.05) is 0 Å². The molecule has 5 aromatic rings. The van der Waals surface area contributed by atoms with Crippen LogP contribution >= 0.6 is 0 Å². The van der Waals surface area contributed by atoms with Crippen molar-refractivity contribution in [3.05, 3.63) is 179 Å². The molecule has 0 saturated heterocycles. The Hall–Kier alpha value is -3.90. The van der Waals surface area contributed by atoms with E-state index < -0.39 is 0 Å². The zero-order valence-electron chi connectivity index (χ0n) is 22.9. The van der Waals surface area contributed by atoms with E-state index in [0.717, 1.165) is 38.5 Å². The molecule has 0 aliphatic rings. The van der Waals surface area contributed by atoms with Crippen molar-refractivity contribution in [2.75, 3.05) is 0 Å². The van der Waals surface area contributed by atoms with Crippen LogP contribution in [0.2, 0.25) is 0 Å². The van der Waals surface area contributed by atoms with Crippen LogP contribution in [0.3, 0.4) is 0 Å². The summed E-state index contributed by atoms with van der Waals surface area (Å²) in [5.74, 6) is 1.53. The van der Waals surface area contributed by atoms with Crippen LogP contribution in [-0.4, -0.2) is 0 Å². The average molecular weight is 509 g/mol. The fraction of sp³-hybridized carbons (Fsp3) is 0.231. The van der Waals surface area contributed by atoms with E-state index in [1.165, 1.54) is 27.8 Å². The summed E-state index contributed by atoms with van der Waals surface area (Å²) in [7, 11) is 0. The maximum Gasteiger partial charge on any atom is -0.0150 e. The Morgan fingerprint density at radius 3 is 0.923 bits per heavy atom. The predicted molar refractivity (Wildman–Crippen MR) is 166 cm³/mol. The molecule has 196 valence electrons. The normalized spacial score (nSPS) is 13.4. The Morgan fingerprint density at radius 1 is 0.308 bits per heavy atom. The molecule has 0 aliphatic heterocycles. The molecular weight excluding hydrogens is 468 g/mol. The number of aryl methyl sites for hydroxylation is 2. The summed E-state index contributed by atoms with van der Waals surface area (Å²) in [6.07, 6.45) is 6.87. The van der Waals surface area contributed by atoms with Crippen molar-refractivity contribution in [1.82, 2.24) is 0 Å². The lowest BCUT2D eigenvalue weighted by atomic mass is 9.76. The highest BCUT2D eigenvalue weighted by molar-refractivity contribution is 5.27. The molecule has 0 radical (unpaired) electrons. The lowest BCUT2D eigenvalue weighted by Crippen LogP contribution is -2.13. The summed E-state index contributed by atoms with van der Waals surface area (Å²) in [5.41, 5.74) is 7.27. The molecule has 0 heteroatoms. The van der Waals surface area contributed by atoms with Crippen LogP contribution < -0.4 is 0 Å². The molecule has 0 fully saturated rings. The third-order valence-electron chi connectivity index (χ3n) is 8.20. The third-order valence-corrected chi connectivity index (χ3v) is 8.20. The van der Waals surface area contributed by atoms with E-state index in [0.29, 0.717) is 17.8 Å². The van der Waals surface area contributed by atoms with Crippen LogP contribution in [0.4, 0.5) is 0 Å². The first kappa shape index (κ1) is 26.7. The minimum atomic E-state index is 0.494. The smallest absolute Gasteiger partial charge is 0.0150 e. The van der Waals surface area contributed by atoms with Gasteiger partial charge < -0.3 is 0 Å². The summed E-state index contributed by atoms with van der Waals surface area (Å²) in [6.45, 7) is 0. The molecule has 0 N–H and O–H groups in total. The maximum absolute atomic E-state index is 2.35. The second-order valence-corrected chi connectivity index (χ2v) is 10.8. The number of rotatable bonds is 13. The fourth-order valence-electron chi connectivity index (χ4n) is 6.04. The molecule has 5 aromatic carbocycles. The van der Waals surface area contributed by atoms with Gasteiger partial charge in [0.15, 0.2) is 0 Å². The zero-order chi connectivity index (χ0) is 26.5. The van der Waals surface area contributed by atoms with Gasteiger partial charge in [0.25, 0.3) is 0 Å². The van der Waals surface area contributed by atoms with Crippen molar-refractivity contribution < 1.29 is 0 Å². The van der Waals surface area contributed by atoms with Crippen molar-refractivity contribution in [3.8, 4) is 0 Å². The van der Waals surface area contributed by atoms with Gasteiger partial charge in [0.2, 0.25) is 0 Å². The lowest BCUT2D eigenvalue weighted by molar-refractivity contribution is 0.437. The molecule has 0 aromatic heterocycles. The number of hydrogen-bond donors (Lipinski definition) is 0. The van der Waals surface area contributed by atoms with Crippen LogP contribution in [0.5, 0.6) is 0 Å². The first-order valence-electron chi connectivity index (χ1n) is 14.6. The minimum absolute atomic E-state index is 0.494. The quantitative estimate of drug-likeness (QED) is 0.148. The van der Waals surface area contributed by atoms with Crippen molar-refractivity contribution >= 4 is 0 Å². The van der Waals surface area contributed by atoms with E-state index in [1.54, 1.807) is 0 Å². The molecule has 2 unspecified atom stereocenters. The third kappa shape index (κ3) is 8.04. The Balaban J connectivity index is 1.41. The summed E-state index contributed by atoms with van der Waals surface area (Å²) in [5, 5.41) is 0.